The summed E-state index contributed by atoms with van der Waals surface area (Å²) in [5.74, 6) is -0.824. The van der Waals surface area contributed by atoms with E-state index < -0.39 is 5.91 Å². The molecule has 0 aliphatic rings. The normalized spacial score (nSPS) is 11.4. The largest absolute Gasteiger partial charge is 0.366 e. The molecule has 0 saturated heterocycles. The molecular formula is C10H10FNO. The number of benzene rings is 1. The van der Waals surface area contributed by atoms with Crippen LogP contribution >= 0.6 is 0 Å². The van der Waals surface area contributed by atoms with Gasteiger partial charge in [0.2, 0.25) is 5.91 Å². The van der Waals surface area contributed by atoms with Crippen molar-refractivity contribution in [2.75, 3.05) is 0 Å². The summed E-state index contributed by atoms with van der Waals surface area (Å²) >= 11 is 0. The predicted molar refractivity (Wildman–Crippen MR) is 49.2 cm³/mol. The molecule has 0 fully saturated rings. The maximum Gasteiger partial charge on any atom is 0.244 e. The van der Waals surface area contributed by atoms with Gasteiger partial charge in [-0.1, -0.05) is 12.1 Å². The van der Waals surface area contributed by atoms with Crippen LogP contribution in [0.5, 0.6) is 0 Å². The minimum Gasteiger partial charge on any atom is -0.366 e. The summed E-state index contributed by atoms with van der Waals surface area (Å²) in [7, 11) is 0. The third-order valence-electron chi connectivity index (χ3n) is 1.62. The van der Waals surface area contributed by atoms with Gasteiger partial charge in [-0.15, -0.1) is 0 Å². The lowest BCUT2D eigenvalue weighted by atomic mass is 10.1. The zero-order chi connectivity index (χ0) is 9.84. The molecule has 2 N–H and O–H groups in total. The van der Waals surface area contributed by atoms with Crippen LogP contribution in [0.25, 0.3) is 6.08 Å². The second kappa shape index (κ2) is 3.85. The second-order valence-corrected chi connectivity index (χ2v) is 2.75. The van der Waals surface area contributed by atoms with Crippen molar-refractivity contribution in [3.05, 3.63) is 41.2 Å². The van der Waals surface area contributed by atoms with E-state index in [9.17, 15) is 9.18 Å². The van der Waals surface area contributed by atoms with Gasteiger partial charge in [0.15, 0.2) is 0 Å². The topological polar surface area (TPSA) is 43.1 Å². The number of nitrogens with two attached hydrogens (primary N) is 1. The van der Waals surface area contributed by atoms with E-state index in [1.54, 1.807) is 25.1 Å². The first-order valence-corrected chi connectivity index (χ1v) is 3.83. The van der Waals surface area contributed by atoms with Crippen LogP contribution in [0.4, 0.5) is 4.39 Å². The van der Waals surface area contributed by atoms with E-state index in [0.717, 1.165) is 0 Å². The molecule has 0 spiro atoms. The van der Waals surface area contributed by atoms with E-state index in [-0.39, 0.29) is 5.82 Å². The Morgan fingerprint density at radius 2 is 2.23 bits per heavy atom. The fraction of sp³-hybridized carbons (Fsp3) is 0.100. The van der Waals surface area contributed by atoms with Crippen molar-refractivity contribution in [1.29, 1.82) is 0 Å². The van der Waals surface area contributed by atoms with Crippen LogP contribution in [0.15, 0.2) is 29.8 Å². The first-order chi connectivity index (χ1) is 6.09. The van der Waals surface area contributed by atoms with Crippen LogP contribution in [0.3, 0.4) is 0 Å². The zero-order valence-electron chi connectivity index (χ0n) is 7.25. The molecule has 1 rings (SSSR count). The minimum absolute atomic E-state index is 0.328. The Labute approximate surface area is 75.9 Å². The summed E-state index contributed by atoms with van der Waals surface area (Å²) in [4.78, 5) is 10.6. The van der Waals surface area contributed by atoms with Gasteiger partial charge in [-0.05, 0) is 30.7 Å². The highest BCUT2D eigenvalue weighted by atomic mass is 19.1. The molecule has 13 heavy (non-hydrogen) atoms. The summed E-state index contributed by atoms with van der Waals surface area (Å²) in [5, 5.41) is 0. The van der Waals surface area contributed by atoms with Gasteiger partial charge in [0, 0.05) is 5.57 Å². The van der Waals surface area contributed by atoms with Crippen molar-refractivity contribution in [1.82, 2.24) is 0 Å². The quantitative estimate of drug-likeness (QED) is 0.690. The van der Waals surface area contributed by atoms with Crippen LogP contribution in [0, 0.1) is 5.82 Å². The molecule has 0 aromatic heterocycles. The van der Waals surface area contributed by atoms with Crippen LogP contribution in [0.1, 0.15) is 12.5 Å². The van der Waals surface area contributed by atoms with Gasteiger partial charge in [0.05, 0.1) is 0 Å². The molecule has 2 nitrogen and oxygen atoms in total. The lowest BCUT2D eigenvalue weighted by molar-refractivity contribution is -0.114. The number of carbonyl (C=O) groups is 1. The molecule has 0 aliphatic carbocycles. The Morgan fingerprint density at radius 3 is 2.77 bits per heavy atom. The third kappa shape index (κ3) is 2.71. The van der Waals surface area contributed by atoms with E-state index in [1.165, 1.54) is 12.1 Å². The molecule has 0 unspecified atom stereocenters. The van der Waals surface area contributed by atoms with Crippen LogP contribution in [0.2, 0.25) is 0 Å². The van der Waals surface area contributed by atoms with Crippen LogP contribution in [-0.2, 0) is 4.79 Å². The predicted octanol–water partition coefficient (Wildman–Crippen LogP) is 1.71. The maximum absolute atomic E-state index is 12.7. The number of carbonyl (C=O) groups excluding carboxylic acids is 1. The molecule has 0 bridgehead atoms. The van der Waals surface area contributed by atoms with Crippen LogP contribution in [-0.4, -0.2) is 5.91 Å². The number of primary amides is 1. The molecule has 0 saturated carbocycles. The average molecular weight is 179 g/mol. The fourth-order valence-electron chi connectivity index (χ4n) is 0.918. The van der Waals surface area contributed by atoms with Crippen LogP contribution < -0.4 is 5.73 Å². The van der Waals surface area contributed by atoms with Crippen molar-refractivity contribution in [2.24, 2.45) is 5.73 Å². The molecule has 0 radical (unpaired) electrons. The van der Waals surface area contributed by atoms with Crippen molar-refractivity contribution in [3.63, 3.8) is 0 Å². The van der Waals surface area contributed by atoms with Gasteiger partial charge in [0.25, 0.3) is 0 Å². The maximum atomic E-state index is 12.7. The van der Waals surface area contributed by atoms with Crippen molar-refractivity contribution in [2.45, 2.75) is 6.92 Å². The van der Waals surface area contributed by atoms with E-state index in [4.69, 9.17) is 5.73 Å². The Kier molecular flexibility index (Phi) is 2.80. The van der Waals surface area contributed by atoms with Crippen molar-refractivity contribution in [3.8, 4) is 0 Å². The van der Waals surface area contributed by atoms with Gasteiger partial charge in [-0.25, -0.2) is 4.39 Å². The Hall–Kier alpha value is -1.64. The van der Waals surface area contributed by atoms with Gasteiger partial charge in [0.1, 0.15) is 5.82 Å². The molecule has 1 aromatic carbocycles. The molecule has 0 heterocycles. The smallest absolute Gasteiger partial charge is 0.244 e. The summed E-state index contributed by atoms with van der Waals surface area (Å²) in [6.07, 6.45) is 1.55. The standard InChI is InChI=1S/C10H10FNO/c1-7(10(12)13)5-8-3-2-4-9(11)6-8/h2-6H,1H3,(H2,12,13). The Morgan fingerprint density at radius 1 is 1.54 bits per heavy atom. The average Bonchev–Trinajstić information content (AvgIpc) is 2.04. The van der Waals surface area contributed by atoms with E-state index in [1.807, 2.05) is 0 Å². The summed E-state index contributed by atoms with van der Waals surface area (Å²) in [6, 6.07) is 5.97. The molecule has 0 aliphatic heterocycles. The van der Waals surface area contributed by atoms with Gasteiger partial charge >= 0.3 is 0 Å². The molecule has 1 aromatic rings. The molecule has 0 atom stereocenters. The molecule has 68 valence electrons. The number of rotatable bonds is 2. The number of hydrogen-bond donors (Lipinski definition) is 1. The first-order valence-electron chi connectivity index (χ1n) is 3.83. The molecule has 3 heteroatoms. The first kappa shape index (κ1) is 9.45. The lowest BCUT2D eigenvalue weighted by Gasteiger charge is -1.96. The highest BCUT2D eigenvalue weighted by Crippen LogP contribution is 2.08. The lowest BCUT2D eigenvalue weighted by Crippen LogP contribution is -2.11. The van der Waals surface area contributed by atoms with E-state index in [2.05, 4.69) is 0 Å². The Balaban J connectivity index is 2.97. The van der Waals surface area contributed by atoms with E-state index >= 15 is 0 Å². The highest BCUT2D eigenvalue weighted by molar-refractivity contribution is 5.95. The number of halogens is 1. The second-order valence-electron chi connectivity index (χ2n) is 2.75. The van der Waals surface area contributed by atoms with Gasteiger partial charge in [-0.3, -0.25) is 4.79 Å². The fourth-order valence-corrected chi connectivity index (χ4v) is 0.918. The summed E-state index contributed by atoms with van der Waals surface area (Å²) in [5.41, 5.74) is 6.06. The van der Waals surface area contributed by atoms with Crippen molar-refractivity contribution < 1.29 is 9.18 Å². The summed E-state index contributed by atoms with van der Waals surface area (Å²) < 4.78 is 12.7. The minimum atomic E-state index is -0.496. The highest BCUT2D eigenvalue weighted by Gasteiger charge is 1.97. The number of amides is 1. The van der Waals surface area contributed by atoms with E-state index in [0.29, 0.717) is 11.1 Å². The van der Waals surface area contributed by atoms with Crippen molar-refractivity contribution >= 4 is 12.0 Å². The monoisotopic (exact) mass is 179 g/mol. The van der Waals surface area contributed by atoms with Gasteiger partial charge in [-0.2, -0.15) is 0 Å². The number of hydrogen-bond acceptors (Lipinski definition) is 1. The summed E-state index contributed by atoms with van der Waals surface area (Å²) in [6.45, 7) is 1.59. The van der Waals surface area contributed by atoms with Gasteiger partial charge < -0.3 is 5.73 Å². The zero-order valence-corrected chi connectivity index (χ0v) is 7.25. The molecule has 1 amide bonds. The Bertz CT molecular complexity index is 358. The third-order valence-corrected chi connectivity index (χ3v) is 1.62. The molecular weight excluding hydrogens is 169 g/mol. The SMILES string of the molecule is CC(=Cc1cccc(F)c1)C(N)=O.